The Labute approximate surface area is 126 Å². The Kier molecular flexibility index (Phi) is 4.14. The van der Waals surface area contributed by atoms with E-state index < -0.39 is 17.8 Å². The Bertz CT molecular complexity index is 562. The summed E-state index contributed by atoms with van der Waals surface area (Å²) in [5, 5.41) is 0. The zero-order chi connectivity index (χ0) is 14.8. The average Bonchev–Trinajstić information content (AvgIpc) is 3.22. The van der Waals surface area contributed by atoms with Crippen molar-refractivity contribution in [1.82, 2.24) is 4.90 Å². The van der Waals surface area contributed by atoms with Gasteiger partial charge in [0.25, 0.3) is 0 Å². The van der Waals surface area contributed by atoms with Crippen LogP contribution in [0, 0.1) is 11.7 Å². The minimum Gasteiger partial charge on any atom is -0.459 e. The smallest absolute Gasteiger partial charge is 0.330 e. The summed E-state index contributed by atoms with van der Waals surface area (Å²) in [5.74, 6) is 0.385. The fourth-order valence-electron chi connectivity index (χ4n) is 2.28. The summed E-state index contributed by atoms with van der Waals surface area (Å²) in [6, 6.07) is 5.66. The molecule has 1 aromatic carbocycles. The predicted molar refractivity (Wildman–Crippen MR) is 76.9 cm³/mol. The molecule has 0 bridgehead atoms. The number of amides is 1. The van der Waals surface area contributed by atoms with Gasteiger partial charge in [-0.1, -0.05) is 18.2 Å². The summed E-state index contributed by atoms with van der Waals surface area (Å²) >= 11 is 1.55. The summed E-state index contributed by atoms with van der Waals surface area (Å²) in [6.45, 7) is -0.0991. The summed E-state index contributed by atoms with van der Waals surface area (Å²) in [5.41, 5.74) is 0.344. The van der Waals surface area contributed by atoms with Crippen LogP contribution in [0.3, 0.4) is 0 Å². The molecule has 6 heteroatoms. The second kappa shape index (κ2) is 6.05. The van der Waals surface area contributed by atoms with Crippen molar-refractivity contribution in [3.05, 3.63) is 35.6 Å². The number of halogens is 1. The summed E-state index contributed by atoms with van der Waals surface area (Å²) in [7, 11) is 0. The number of carbonyl (C=O) groups excluding carboxylic acids is 2. The number of ether oxygens (including phenoxy) is 1. The maximum atomic E-state index is 13.5. The number of thioether (sulfide) groups is 1. The Morgan fingerprint density at radius 1 is 1.33 bits per heavy atom. The molecule has 112 valence electrons. The molecular formula is C15H16FNO3S. The third kappa shape index (κ3) is 3.20. The number of hydrogen-bond donors (Lipinski definition) is 0. The molecule has 2 aliphatic rings. The maximum Gasteiger partial charge on any atom is 0.330 e. The van der Waals surface area contributed by atoms with E-state index >= 15 is 0 Å². The van der Waals surface area contributed by atoms with E-state index in [0.29, 0.717) is 17.2 Å². The monoisotopic (exact) mass is 309 g/mol. The van der Waals surface area contributed by atoms with Crippen LogP contribution in [0.2, 0.25) is 0 Å². The molecule has 1 aliphatic heterocycles. The first kappa shape index (κ1) is 14.4. The van der Waals surface area contributed by atoms with Gasteiger partial charge in [0.2, 0.25) is 5.91 Å². The lowest BCUT2D eigenvalue weighted by molar-refractivity contribution is -0.154. The van der Waals surface area contributed by atoms with Crippen molar-refractivity contribution in [2.75, 3.05) is 11.6 Å². The number of hydrogen-bond acceptors (Lipinski definition) is 4. The molecule has 1 heterocycles. The lowest BCUT2D eigenvalue weighted by Crippen LogP contribution is -2.43. The topological polar surface area (TPSA) is 46.6 Å². The molecule has 0 N–H and O–H groups in total. The molecular weight excluding hydrogens is 293 g/mol. The molecule has 1 saturated heterocycles. The molecule has 0 radical (unpaired) electrons. The SMILES string of the molecule is O=C(OCc1ccccc1F)[C@H]1CSCN1C(=O)C1CC1. The van der Waals surface area contributed by atoms with Crippen LogP contribution in [0.4, 0.5) is 4.39 Å². The van der Waals surface area contributed by atoms with E-state index in [-0.39, 0.29) is 18.4 Å². The molecule has 0 spiro atoms. The molecule has 21 heavy (non-hydrogen) atoms. The van der Waals surface area contributed by atoms with Gasteiger partial charge >= 0.3 is 5.97 Å². The molecule has 0 unspecified atom stereocenters. The van der Waals surface area contributed by atoms with Gasteiger partial charge in [-0.05, 0) is 18.9 Å². The number of rotatable bonds is 4. The van der Waals surface area contributed by atoms with E-state index in [9.17, 15) is 14.0 Å². The minimum absolute atomic E-state index is 0.0489. The summed E-state index contributed by atoms with van der Waals surface area (Å²) < 4.78 is 18.7. The average molecular weight is 309 g/mol. The van der Waals surface area contributed by atoms with Gasteiger partial charge in [-0.3, -0.25) is 4.79 Å². The molecule has 1 saturated carbocycles. The fraction of sp³-hybridized carbons (Fsp3) is 0.467. The third-order valence-electron chi connectivity index (χ3n) is 3.69. The van der Waals surface area contributed by atoms with Crippen LogP contribution in [-0.2, 0) is 20.9 Å². The van der Waals surface area contributed by atoms with Crippen LogP contribution >= 0.6 is 11.8 Å². The predicted octanol–water partition coefficient (Wildman–Crippen LogP) is 2.18. The van der Waals surface area contributed by atoms with Crippen LogP contribution < -0.4 is 0 Å². The first-order valence-corrected chi connectivity index (χ1v) is 8.10. The van der Waals surface area contributed by atoms with Gasteiger partial charge in [-0.2, -0.15) is 0 Å². The Morgan fingerprint density at radius 2 is 2.10 bits per heavy atom. The second-order valence-electron chi connectivity index (χ2n) is 5.30. The zero-order valence-electron chi connectivity index (χ0n) is 11.5. The Morgan fingerprint density at radius 3 is 2.81 bits per heavy atom. The summed E-state index contributed by atoms with van der Waals surface area (Å²) in [6.07, 6.45) is 1.83. The van der Waals surface area contributed by atoms with E-state index in [2.05, 4.69) is 0 Å². The van der Waals surface area contributed by atoms with E-state index in [1.54, 1.807) is 34.9 Å². The molecule has 4 nitrogen and oxygen atoms in total. The molecule has 1 amide bonds. The Hall–Kier alpha value is -1.56. The maximum absolute atomic E-state index is 13.5. The number of nitrogens with zero attached hydrogens (tertiary/aromatic N) is 1. The Balaban J connectivity index is 1.59. The molecule has 0 aromatic heterocycles. The second-order valence-corrected chi connectivity index (χ2v) is 6.30. The fourth-order valence-corrected chi connectivity index (χ4v) is 3.43. The third-order valence-corrected chi connectivity index (χ3v) is 4.70. The van der Waals surface area contributed by atoms with Crippen LogP contribution in [0.1, 0.15) is 18.4 Å². The van der Waals surface area contributed by atoms with Crippen molar-refractivity contribution in [1.29, 1.82) is 0 Å². The highest BCUT2D eigenvalue weighted by Crippen LogP contribution is 2.34. The van der Waals surface area contributed by atoms with E-state index in [4.69, 9.17) is 4.74 Å². The van der Waals surface area contributed by atoms with Gasteiger partial charge in [0.15, 0.2) is 0 Å². The minimum atomic E-state index is -0.533. The highest BCUT2D eigenvalue weighted by molar-refractivity contribution is 7.99. The van der Waals surface area contributed by atoms with Gasteiger partial charge in [0.05, 0.1) is 5.88 Å². The standard InChI is InChI=1S/C15H16FNO3S/c16-12-4-2-1-3-11(12)7-20-15(19)13-8-21-9-17(13)14(18)10-5-6-10/h1-4,10,13H,5-9H2/t13-/m1/s1. The first-order valence-electron chi connectivity index (χ1n) is 6.95. The van der Waals surface area contributed by atoms with Crippen molar-refractivity contribution in [2.24, 2.45) is 5.92 Å². The molecule has 1 aromatic rings. The molecule has 2 fully saturated rings. The van der Waals surface area contributed by atoms with E-state index in [1.165, 1.54) is 6.07 Å². The molecule has 1 aliphatic carbocycles. The van der Waals surface area contributed by atoms with Crippen LogP contribution in [0.5, 0.6) is 0 Å². The van der Waals surface area contributed by atoms with Crippen LogP contribution in [0.15, 0.2) is 24.3 Å². The van der Waals surface area contributed by atoms with Gasteiger partial charge in [0.1, 0.15) is 18.5 Å². The van der Waals surface area contributed by atoms with Crippen molar-refractivity contribution in [3.63, 3.8) is 0 Å². The van der Waals surface area contributed by atoms with Gasteiger partial charge in [0, 0.05) is 17.2 Å². The van der Waals surface area contributed by atoms with Crippen molar-refractivity contribution in [2.45, 2.75) is 25.5 Å². The number of benzene rings is 1. The van der Waals surface area contributed by atoms with Crippen molar-refractivity contribution in [3.8, 4) is 0 Å². The lowest BCUT2D eigenvalue weighted by Gasteiger charge is -2.22. The normalized spacial score (nSPS) is 21.4. The first-order chi connectivity index (χ1) is 10.2. The van der Waals surface area contributed by atoms with Gasteiger partial charge in [-0.25, -0.2) is 9.18 Å². The quantitative estimate of drug-likeness (QED) is 0.800. The highest BCUT2D eigenvalue weighted by atomic mass is 32.2. The molecule has 3 rings (SSSR count). The van der Waals surface area contributed by atoms with E-state index in [1.807, 2.05) is 0 Å². The van der Waals surface area contributed by atoms with Gasteiger partial charge < -0.3 is 9.64 Å². The number of esters is 1. The number of carbonyl (C=O) groups is 2. The lowest BCUT2D eigenvalue weighted by atomic mass is 10.2. The van der Waals surface area contributed by atoms with Crippen LogP contribution in [-0.4, -0.2) is 34.4 Å². The van der Waals surface area contributed by atoms with Crippen molar-refractivity contribution >= 4 is 23.6 Å². The van der Waals surface area contributed by atoms with Gasteiger partial charge in [-0.15, -0.1) is 11.8 Å². The zero-order valence-corrected chi connectivity index (χ0v) is 12.3. The molecule has 1 atom stereocenters. The largest absolute Gasteiger partial charge is 0.459 e. The van der Waals surface area contributed by atoms with Crippen molar-refractivity contribution < 1.29 is 18.7 Å². The highest BCUT2D eigenvalue weighted by Gasteiger charge is 2.41. The van der Waals surface area contributed by atoms with E-state index in [0.717, 1.165) is 12.8 Å². The summed E-state index contributed by atoms with van der Waals surface area (Å²) in [4.78, 5) is 25.8. The van der Waals surface area contributed by atoms with Crippen LogP contribution in [0.25, 0.3) is 0 Å².